The van der Waals surface area contributed by atoms with Gasteiger partial charge in [0.15, 0.2) is 0 Å². The highest BCUT2D eigenvalue weighted by Gasteiger charge is 2.19. The van der Waals surface area contributed by atoms with Crippen LogP contribution in [0.25, 0.3) is 0 Å². The zero-order chi connectivity index (χ0) is 15.3. The molecule has 1 aromatic heterocycles. The quantitative estimate of drug-likeness (QED) is 0.841. The summed E-state index contributed by atoms with van der Waals surface area (Å²) in [4.78, 5) is 0.460. The van der Waals surface area contributed by atoms with Crippen molar-refractivity contribution in [3.05, 3.63) is 52.0 Å². The Morgan fingerprint density at radius 3 is 2.76 bits per heavy atom. The number of halogens is 1. The molecule has 0 atom stereocenters. The molecule has 0 radical (unpaired) electrons. The molecule has 0 spiro atoms. The topological polar surface area (TPSA) is 72.2 Å². The van der Waals surface area contributed by atoms with E-state index in [1.54, 1.807) is 6.07 Å². The fourth-order valence-electron chi connectivity index (χ4n) is 1.61. The van der Waals surface area contributed by atoms with Gasteiger partial charge < -0.3 is 5.73 Å². The van der Waals surface area contributed by atoms with Crippen LogP contribution in [0.15, 0.2) is 40.6 Å². The van der Waals surface area contributed by atoms with Crippen LogP contribution in [0.5, 0.6) is 0 Å². The highest BCUT2D eigenvalue weighted by atomic mass is 32.2. The maximum absolute atomic E-state index is 13.9. The lowest BCUT2D eigenvalue weighted by molar-refractivity contribution is 0.557. The van der Waals surface area contributed by atoms with E-state index in [0.717, 1.165) is 10.9 Å². The first-order valence-electron chi connectivity index (χ1n) is 6.03. The number of nitrogens with two attached hydrogens (primary N) is 1. The lowest BCUT2D eigenvalue weighted by Crippen LogP contribution is -2.23. The highest BCUT2D eigenvalue weighted by Crippen LogP contribution is 2.17. The predicted octanol–water partition coefficient (Wildman–Crippen LogP) is 1.68. The van der Waals surface area contributed by atoms with Crippen LogP contribution in [0.1, 0.15) is 10.4 Å². The molecule has 1 aromatic carbocycles. The molecular formula is C14H13FN2O2S2. The summed E-state index contributed by atoms with van der Waals surface area (Å²) < 4.78 is 40.4. The number of thiophene rings is 1. The molecule has 0 amide bonds. The SMILES string of the molecule is NCC#Cc1ccc(S(=O)(=O)NCc2cccs2)c(F)c1. The second kappa shape index (κ2) is 6.83. The number of hydrogen-bond acceptors (Lipinski definition) is 4. The molecule has 0 saturated carbocycles. The largest absolute Gasteiger partial charge is 0.320 e. The van der Waals surface area contributed by atoms with Gasteiger partial charge in [-0.15, -0.1) is 11.3 Å². The van der Waals surface area contributed by atoms with E-state index in [2.05, 4.69) is 16.6 Å². The molecule has 2 rings (SSSR count). The van der Waals surface area contributed by atoms with Gasteiger partial charge in [-0.25, -0.2) is 17.5 Å². The Balaban J connectivity index is 2.19. The van der Waals surface area contributed by atoms with Crippen LogP contribution in [-0.2, 0) is 16.6 Å². The van der Waals surface area contributed by atoms with E-state index in [1.165, 1.54) is 23.5 Å². The lowest BCUT2D eigenvalue weighted by atomic mass is 10.2. The van der Waals surface area contributed by atoms with Crippen LogP contribution in [-0.4, -0.2) is 15.0 Å². The summed E-state index contributed by atoms with van der Waals surface area (Å²) in [6.45, 7) is 0.290. The summed E-state index contributed by atoms with van der Waals surface area (Å²) in [5.74, 6) is 4.40. The Hall–Kier alpha value is -1.72. The van der Waals surface area contributed by atoms with Crippen LogP contribution in [0.4, 0.5) is 4.39 Å². The number of hydrogen-bond donors (Lipinski definition) is 2. The van der Waals surface area contributed by atoms with E-state index in [1.807, 2.05) is 11.4 Å². The van der Waals surface area contributed by atoms with Gasteiger partial charge in [-0.05, 0) is 29.6 Å². The maximum Gasteiger partial charge on any atom is 0.243 e. The third-order valence-corrected chi connectivity index (χ3v) is 4.88. The van der Waals surface area contributed by atoms with E-state index in [-0.39, 0.29) is 13.1 Å². The zero-order valence-corrected chi connectivity index (χ0v) is 12.6. The van der Waals surface area contributed by atoms with E-state index >= 15 is 0 Å². The Morgan fingerprint density at radius 1 is 1.33 bits per heavy atom. The summed E-state index contributed by atoms with van der Waals surface area (Å²) in [5, 5.41) is 1.84. The van der Waals surface area contributed by atoms with Gasteiger partial charge in [0, 0.05) is 17.0 Å². The minimum atomic E-state index is -3.90. The molecule has 0 aliphatic heterocycles. The third kappa shape index (κ3) is 4.12. The van der Waals surface area contributed by atoms with Crippen molar-refractivity contribution in [1.82, 2.24) is 4.72 Å². The lowest BCUT2D eigenvalue weighted by Gasteiger charge is -2.07. The second-order valence-corrected chi connectivity index (χ2v) is 6.82. The first kappa shape index (κ1) is 15.7. The fraction of sp³-hybridized carbons (Fsp3) is 0.143. The number of sulfonamides is 1. The summed E-state index contributed by atoms with van der Waals surface area (Å²) >= 11 is 1.42. The van der Waals surface area contributed by atoms with E-state index < -0.39 is 20.7 Å². The Labute approximate surface area is 126 Å². The molecule has 110 valence electrons. The number of nitrogens with one attached hydrogen (secondary N) is 1. The molecule has 21 heavy (non-hydrogen) atoms. The van der Waals surface area contributed by atoms with Gasteiger partial charge in [0.1, 0.15) is 10.7 Å². The van der Waals surface area contributed by atoms with Gasteiger partial charge >= 0.3 is 0 Å². The molecule has 2 aromatic rings. The van der Waals surface area contributed by atoms with E-state index in [9.17, 15) is 12.8 Å². The molecule has 0 saturated heterocycles. The van der Waals surface area contributed by atoms with Gasteiger partial charge in [0.25, 0.3) is 0 Å². The fourth-order valence-corrected chi connectivity index (χ4v) is 3.41. The molecule has 0 aliphatic carbocycles. The molecule has 7 heteroatoms. The van der Waals surface area contributed by atoms with Gasteiger partial charge in [0.05, 0.1) is 6.54 Å². The van der Waals surface area contributed by atoms with Crippen LogP contribution in [0, 0.1) is 17.7 Å². The van der Waals surface area contributed by atoms with Gasteiger partial charge in [0.2, 0.25) is 10.0 Å². The summed E-state index contributed by atoms with van der Waals surface area (Å²) in [6.07, 6.45) is 0. The van der Waals surface area contributed by atoms with Crippen molar-refractivity contribution in [1.29, 1.82) is 0 Å². The Bertz CT molecular complexity index is 775. The van der Waals surface area contributed by atoms with E-state index in [0.29, 0.717) is 5.56 Å². The molecule has 4 nitrogen and oxygen atoms in total. The van der Waals surface area contributed by atoms with E-state index in [4.69, 9.17) is 5.73 Å². The van der Waals surface area contributed by atoms with Gasteiger partial charge in [-0.1, -0.05) is 17.9 Å². The van der Waals surface area contributed by atoms with Crippen molar-refractivity contribution in [3.8, 4) is 11.8 Å². The molecule has 0 bridgehead atoms. The zero-order valence-electron chi connectivity index (χ0n) is 11.0. The summed E-state index contributed by atoms with van der Waals surface area (Å²) in [7, 11) is -3.90. The Kier molecular flexibility index (Phi) is 5.09. The van der Waals surface area contributed by atoms with Crippen molar-refractivity contribution in [2.24, 2.45) is 5.73 Å². The molecule has 1 heterocycles. The van der Waals surface area contributed by atoms with Crippen molar-refractivity contribution >= 4 is 21.4 Å². The molecule has 0 aliphatic rings. The summed E-state index contributed by atoms with van der Waals surface area (Å²) in [6, 6.07) is 7.36. The minimum absolute atomic E-state index is 0.133. The van der Waals surface area contributed by atoms with Crippen molar-refractivity contribution in [2.45, 2.75) is 11.4 Å². The molecule has 0 unspecified atom stereocenters. The predicted molar refractivity (Wildman–Crippen MR) is 80.7 cm³/mol. The molecular weight excluding hydrogens is 311 g/mol. The van der Waals surface area contributed by atoms with Gasteiger partial charge in [-0.3, -0.25) is 0 Å². The smallest absolute Gasteiger partial charge is 0.243 e. The van der Waals surface area contributed by atoms with Crippen molar-refractivity contribution < 1.29 is 12.8 Å². The number of rotatable bonds is 4. The second-order valence-electron chi connectivity index (χ2n) is 4.06. The summed E-state index contributed by atoms with van der Waals surface area (Å²) in [5.41, 5.74) is 5.61. The average Bonchev–Trinajstić information content (AvgIpc) is 2.96. The van der Waals surface area contributed by atoms with Crippen molar-refractivity contribution in [2.75, 3.05) is 6.54 Å². The standard InChI is InChI=1S/C14H13FN2O2S2/c15-13-9-11(3-1-7-16)5-6-14(13)21(18,19)17-10-12-4-2-8-20-12/h2,4-6,8-9,17H,7,10,16H2. The van der Waals surface area contributed by atoms with Crippen LogP contribution < -0.4 is 10.5 Å². The molecule has 3 N–H and O–H groups in total. The van der Waals surface area contributed by atoms with Crippen molar-refractivity contribution in [3.63, 3.8) is 0 Å². The van der Waals surface area contributed by atoms with Crippen LogP contribution in [0.3, 0.4) is 0 Å². The third-order valence-electron chi connectivity index (χ3n) is 2.57. The Morgan fingerprint density at radius 2 is 2.14 bits per heavy atom. The average molecular weight is 324 g/mol. The maximum atomic E-state index is 13.9. The van der Waals surface area contributed by atoms with Gasteiger partial charge in [-0.2, -0.15) is 0 Å². The van der Waals surface area contributed by atoms with Crippen LogP contribution >= 0.6 is 11.3 Å². The highest BCUT2D eigenvalue weighted by molar-refractivity contribution is 7.89. The normalized spacial score (nSPS) is 11.0. The number of benzene rings is 1. The molecule has 0 fully saturated rings. The minimum Gasteiger partial charge on any atom is -0.320 e. The first-order chi connectivity index (χ1) is 10.0. The monoisotopic (exact) mass is 324 g/mol. The first-order valence-corrected chi connectivity index (χ1v) is 8.40. The van der Waals surface area contributed by atoms with Crippen LogP contribution in [0.2, 0.25) is 0 Å².